The van der Waals surface area contributed by atoms with Gasteiger partial charge in [0.15, 0.2) is 5.82 Å². The average Bonchev–Trinajstić information content (AvgIpc) is 2.92. The van der Waals surface area contributed by atoms with Crippen molar-refractivity contribution in [3.8, 4) is 0 Å². The Labute approximate surface area is 113 Å². The van der Waals surface area contributed by atoms with Gasteiger partial charge in [-0.1, -0.05) is 18.2 Å². The monoisotopic (exact) mass is 276 g/mol. The summed E-state index contributed by atoms with van der Waals surface area (Å²) < 4.78 is 0. The number of hydrogen-bond acceptors (Lipinski definition) is 5. The number of allylic oxidation sites excluding steroid dienone is 2. The average molecular weight is 277 g/mol. The Kier molecular flexibility index (Phi) is 2.79. The van der Waals surface area contributed by atoms with E-state index in [0.29, 0.717) is 11.5 Å². The predicted molar refractivity (Wildman–Crippen MR) is 70.2 cm³/mol. The second kappa shape index (κ2) is 4.47. The minimum atomic E-state index is -0.909. The number of nitrogens with zero attached hydrogens (tertiary/aromatic N) is 4. The summed E-state index contributed by atoms with van der Waals surface area (Å²) in [6, 6.07) is 1.57. The Morgan fingerprint density at radius 1 is 1.53 bits per heavy atom. The van der Waals surface area contributed by atoms with Crippen LogP contribution in [0.4, 0.5) is 5.82 Å². The van der Waals surface area contributed by atoms with E-state index in [1.54, 1.807) is 11.1 Å². The number of carbonyl (C=O) groups is 1. The Morgan fingerprint density at radius 2 is 2.37 bits per heavy atom. The largest absolute Gasteiger partial charge is 0.481 e. The number of rotatable bonds is 3. The van der Waals surface area contributed by atoms with Gasteiger partial charge in [-0.15, -0.1) is 0 Å². The highest BCUT2D eigenvalue weighted by Crippen LogP contribution is 2.31. The van der Waals surface area contributed by atoms with Gasteiger partial charge in [0.2, 0.25) is 5.28 Å². The molecule has 2 aliphatic rings. The van der Waals surface area contributed by atoms with Crippen molar-refractivity contribution in [2.24, 2.45) is 5.10 Å². The highest BCUT2D eigenvalue weighted by molar-refractivity contribution is 6.28. The van der Waals surface area contributed by atoms with Crippen molar-refractivity contribution < 1.29 is 9.90 Å². The zero-order valence-electron chi connectivity index (χ0n) is 9.69. The van der Waals surface area contributed by atoms with Crippen LogP contribution >= 0.6 is 11.6 Å². The first kappa shape index (κ1) is 11.9. The number of hydrazone groups is 1. The van der Waals surface area contributed by atoms with E-state index in [-0.39, 0.29) is 17.7 Å². The van der Waals surface area contributed by atoms with E-state index >= 15 is 0 Å². The van der Waals surface area contributed by atoms with Gasteiger partial charge in [-0.2, -0.15) is 10.1 Å². The van der Waals surface area contributed by atoms with Crippen LogP contribution in [-0.4, -0.2) is 32.8 Å². The van der Waals surface area contributed by atoms with Crippen LogP contribution in [-0.2, 0) is 4.79 Å². The van der Waals surface area contributed by atoms with Crippen LogP contribution in [0.1, 0.15) is 6.42 Å². The fourth-order valence-corrected chi connectivity index (χ4v) is 2.27. The minimum absolute atomic E-state index is 0.111. The van der Waals surface area contributed by atoms with Crippen LogP contribution in [0, 0.1) is 0 Å². The van der Waals surface area contributed by atoms with Crippen LogP contribution in [0.3, 0.4) is 0 Å². The Hall–Kier alpha value is -2.21. The summed E-state index contributed by atoms with van der Waals surface area (Å²) in [6.45, 7) is 0. The first-order valence-electron chi connectivity index (χ1n) is 5.61. The minimum Gasteiger partial charge on any atom is -0.481 e. The molecule has 1 aliphatic carbocycles. The highest BCUT2D eigenvalue weighted by Gasteiger charge is 2.34. The molecule has 1 atom stereocenters. The maximum atomic E-state index is 10.8. The SMILES string of the molecule is O=C(O)CC1=NN(c2ccnc(Cl)n2)C2C=CC=C12. The maximum Gasteiger partial charge on any atom is 0.309 e. The van der Waals surface area contributed by atoms with E-state index in [0.717, 1.165) is 5.57 Å². The first-order chi connectivity index (χ1) is 9.15. The molecule has 2 heterocycles. The second-order valence-corrected chi connectivity index (χ2v) is 4.44. The molecule has 0 radical (unpaired) electrons. The number of halogens is 1. The Balaban J connectivity index is 1.98. The summed E-state index contributed by atoms with van der Waals surface area (Å²) in [5.41, 5.74) is 1.43. The lowest BCUT2D eigenvalue weighted by atomic mass is 10.0. The van der Waals surface area contributed by atoms with E-state index in [1.165, 1.54) is 6.20 Å². The van der Waals surface area contributed by atoms with Crippen molar-refractivity contribution in [2.45, 2.75) is 12.5 Å². The molecule has 6 nitrogen and oxygen atoms in total. The van der Waals surface area contributed by atoms with Crippen LogP contribution in [0.25, 0.3) is 0 Å². The van der Waals surface area contributed by atoms with Crippen molar-refractivity contribution >= 4 is 29.1 Å². The number of carboxylic acid groups (broad SMARTS) is 1. The number of hydrogen-bond donors (Lipinski definition) is 1. The molecule has 1 aliphatic heterocycles. The first-order valence-corrected chi connectivity index (χ1v) is 5.99. The van der Waals surface area contributed by atoms with Gasteiger partial charge in [0, 0.05) is 17.8 Å². The molecular weight excluding hydrogens is 268 g/mol. The molecule has 7 heteroatoms. The van der Waals surface area contributed by atoms with Crippen molar-refractivity contribution in [1.82, 2.24) is 9.97 Å². The van der Waals surface area contributed by atoms with E-state index in [1.807, 2.05) is 18.2 Å². The molecule has 0 saturated carbocycles. The fourth-order valence-electron chi connectivity index (χ4n) is 2.12. The summed E-state index contributed by atoms with van der Waals surface area (Å²) in [6.07, 6.45) is 7.11. The van der Waals surface area contributed by atoms with Crippen molar-refractivity contribution in [3.63, 3.8) is 0 Å². The molecule has 19 heavy (non-hydrogen) atoms. The molecule has 1 aromatic rings. The third kappa shape index (κ3) is 2.10. The van der Waals surface area contributed by atoms with E-state index in [4.69, 9.17) is 16.7 Å². The molecule has 0 bridgehead atoms. The van der Waals surface area contributed by atoms with Crippen molar-refractivity contribution in [3.05, 3.63) is 41.3 Å². The third-order valence-electron chi connectivity index (χ3n) is 2.88. The van der Waals surface area contributed by atoms with E-state index in [9.17, 15) is 4.79 Å². The molecule has 1 N–H and O–H groups in total. The lowest BCUT2D eigenvalue weighted by molar-refractivity contribution is -0.135. The summed E-state index contributed by atoms with van der Waals surface area (Å²) >= 11 is 5.76. The predicted octanol–water partition coefficient (Wildman–Crippen LogP) is 1.65. The molecule has 3 rings (SSSR count). The van der Waals surface area contributed by atoms with E-state index < -0.39 is 5.97 Å². The molecule has 0 amide bonds. The maximum absolute atomic E-state index is 10.8. The van der Waals surface area contributed by atoms with Crippen LogP contribution in [0.2, 0.25) is 5.28 Å². The normalized spacial score (nSPS) is 20.3. The van der Waals surface area contributed by atoms with Crippen LogP contribution in [0.5, 0.6) is 0 Å². The molecule has 0 fully saturated rings. The van der Waals surface area contributed by atoms with Gasteiger partial charge in [-0.05, 0) is 11.6 Å². The van der Waals surface area contributed by atoms with Gasteiger partial charge in [0.05, 0.1) is 18.2 Å². The van der Waals surface area contributed by atoms with Gasteiger partial charge >= 0.3 is 5.97 Å². The number of fused-ring (bicyclic) bond motifs is 1. The van der Waals surface area contributed by atoms with Gasteiger partial charge in [-0.3, -0.25) is 4.79 Å². The fraction of sp³-hybridized carbons (Fsp3) is 0.167. The summed E-state index contributed by atoms with van der Waals surface area (Å²) in [7, 11) is 0. The number of carboxylic acids is 1. The molecule has 1 aromatic heterocycles. The Morgan fingerprint density at radius 3 is 3.11 bits per heavy atom. The van der Waals surface area contributed by atoms with Gasteiger partial charge < -0.3 is 5.11 Å². The molecular formula is C12H9ClN4O2. The topological polar surface area (TPSA) is 78.7 Å². The Bertz CT molecular complexity index is 638. The molecule has 0 saturated heterocycles. The summed E-state index contributed by atoms with van der Waals surface area (Å²) in [4.78, 5) is 18.8. The standard InChI is InChI=1S/C12H9ClN4O2/c13-12-14-5-4-10(15-12)17-9-3-1-2-7(9)8(16-17)6-11(18)19/h1-5,9H,6H2,(H,18,19). The smallest absolute Gasteiger partial charge is 0.309 e. The lowest BCUT2D eigenvalue weighted by Crippen LogP contribution is -2.25. The second-order valence-electron chi connectivity index (χ2n) is 4.10. The van der Waals surface area contributed by atoms with Crippen molar-refractivity contribution in [2.75, 3.05) is 5.01 Å². The van der Waals surface area contributed by atoms with Crippen LogP contribution in [0.15, 0.2) is 41.2 Å². The zero-order chi connectivity index (χ0) is 13.4. The molecule has 0 spiro atoms. The number of aromatic nitrogens is 2. The number of aliphatic carboxylic acids is 1. The lowest BCUT2D eigenvalue weighted by Gasteiger charge is -2.18. The zero-order valence-corrected chi connectivity index (χ0v) is 10.4. The quantitative estimate of drug-likeness (QED) is 0.849. The summed E-state index contributed by atoms with van der Waals surface area (Å²) in [5, 5.41) is 15.0. The van der Waals surface area contributed by atoms with Gasteiger partial charge in [-0.25, -0.2) is 9.99 Å². The molecule has 1 unspecified atom stereocenters. The van der Waals surface area contributed by atoms with Gasteiger partial charge in [0.1, 0.15) is 0 Å². The summed E-state index contributed by atoms with van der Waals surface area (Å²) in [5.74, 6) is -0.365. The third-order valence-corrected chi connectivity index (χ3v) is 3.06. The van der Waals surface area contributed by atoms with Crippen molar-refractivity contribution in [1.29, 1.82) is 0 Å². The molecule has 0 aromatic carbocycles. The highest BCUT2D eigenvalue weighted by atomic mass is 35.5. The van der Waals surface area contributed by atoms with E-state index in [2.05, 4.69) is 15.1 Å². The van der Waals surface area contributed by atoms with Crippen LogP contribution < -0.4 is 5.01 Å². The van der Waals surface area contributed by atoms with Gasteiger partial charge in [0.25, 0.3) is 0 Å². The number of anilines is 1. The molecule has 96 valence electrons.